The van der Waals surface area contributed by atoms with Gasteiger partial charge in [-0.05, 0) is 60.6 Å². The first-order valence-electron chi connectivity index (χ1n) is 9.57. The fourth-order valence-corrected chi connectivity index (χ4v) is 5.65. The number of thiophene rings is 1. The van der Waals surface area contributed by atoms with Crippen LogP contribution >= 0.6 is 11.3 Å². The van der Waals surface area contributed by atoms with E-state index in [4.69, 9.17) is 5.73 Å². The molecule has 0 aliphatic heterocycles. The molecule has 0 bridgehead atoms. The molecule has 160 valence electrons. The zero-order valence-electron chi connectivity index (χ0n) is 17.0. The van der Waals surface area contributed by atoms with Crippen molar-refractivity contribution in [2.24, 2.45) is 5.73 Å². The number of anilines is 1. The third-order valence-corrected chi connectivity index (χ3v) is 7.64. The monoisotopic (exact) mass is 454 g/mol. The maximum absolute atomic E-state index is 12.8. The minimum absolute atomic E-state index is 0.250. The summed E-state index contributed by atoms with van der Waals surface area (Å²) in [6.45, 7) is 1.69. The number of hydrogen-bond donors (Lipinski definition) is 3. The molecule has 0 spiro atoms. The van der Waals surface area contributed by atoms with Crippen LogP contribution in [0.5, 0.6) is 0 Å². The lowest BCUT2D eigenvalue weighted by atomic mass is 9.95. The number of carbonyl (C=O) groups is 1. The predicted molar refractivity (Wildman–Crippen MR) is 126 cm³/mol. The van der Waals surface area contributed by atoms with Gasteiger partial charge >= 0.3 is 0 Å². The van der Waals surface area contributed by atoms with Crippen molar-refractivity contribution in [1.82, 2.24) is 9.71 Å². The maximum atomic E-state index is 12.8. The first-order chi connectivity index (χ1) is 14.7. The van der Waals surface area contributed by atoms with Crippen LogP contribution in [0.25, 0.3) is 21.0 Å². The van der Waals surface area contributed by atoms with Crippen molar-refractivity contribution in [3.05, 3.63) is 71.2 Å². The molecule has 4 aromatic rings. The summed E-state index contributed by atoms with van der Waals surface area (Å²) >= 11 is 1.48. The molecule has 2 heterocycles. The van der Waals surface area contributed by atoms with E-state index < -0.39 is 15.6 Å². The van der Waals surface area contributed by atoms with E-state index in [2.05, 4.69) is 15.0 Å². The van der Waals surface area contributed by atoms with Gasteiger partial charge in [0.1, 0.15) is 5.69 Å². The summed E-state index contributed by atoms with van der Waals surface area (Å²) in [6.07, 6.45) is 0. The van der Waals surface area contributed by atoms with Gasteiger partial charge in [0, 0.05) is 15.8 Å². The van der Waals surface area contributed by atoms with E-state index in [1.807, 2.05) is 47.8 Å². The lowest BCUT2D eigenvalue weighted by molar-refractivity contribution is 0.102. The highest BCUT2D eigenvalue weighted by molar-refractivity contribution is 7.89. The van der Waals surface area contributed by atoms with Crippen molar-refractivity contribution in [3.63, 3.8) is 0 Å². The van der Waals surface area contributed by atoms with Crippen molar-refractivity contribution in [1.29, 1.82) is 0 Å². The van der Waals surface area contributed by atoms with Crippen molar-refractivity contribution < 1.29 is 13.2 Å². The summed E-state index contributed by atoms with van der Waals surface area (Å²) in [5, 5.41) is 6.51. The highest BCUT2D eigenvalue weighted by atomic mass is 32.2. The van der Waals surface area contributed by atoms with Crippen molar-refractivity contribution >= 4 is 53.9 Å². The molecule has 0 aliphatic carbocycles. The Morgan fingerprint density at radius 1 is 1.16 bits per heavy atom. The number of nitrogens with two attached hydrogens (primary N) is 1. The van der Waals surface area contributed by atoms with Gasteiger partial charge in [-0.1, -0.05) is 24.3 Å². The minimum atomic E-state index is -3.50. The first kappa shape index (κ1) is 21.4. The van der Waals surface area contributed by atoms with Gasteiger partial charge in [-0.15, -0.1) is 11.3 Å². The Kier molecular flexibility index (Phi) is 5.52. The van der Waals surface area contributed by atoms with Crippen LogP contribution in [0.4, 0.5) is 5.69 Å². The number of carbonyl (C=O) groups excluding carboxylic acids is 1. The number of benzene rings is 2. The zero-order valence-corrected chi connectivity index (χ0v) is 18.7. The van der Waals surface area contributed by atoms with Gasteiger partial charge in [-0.3, -0.25) is 4.79 Å². The summed E-state index contributed by atoms with van der Waals surface area (Å²) in [4.78, 5) is 17.2. The summed E-state index contributed by atoms with van der Waals surface area (Å²) < 4.78 is 27.4. The zero-order chi connectivity index (χ0) is 22.2. The molecule has 4 N–H and O–H groups in total. The van der Waals surface area contributed by atoms with Crippen LogP contribution < -0.4 is 15.8 Å². The molecule has 0 fully saturated rings. The Morgan fingerprint density at radius 2 is 1.94 bits per heavy atom. The van der Waals surface area contributed by atoms with E-state index in [0.717, 1.165) is 21.0 Å². The third-order valence-electron chi connectivity index (χ3n) is 5.08. The topological polar surface area (TPSA) is 114 Å². The molecular formula is C22H22N4O3S2. The number of rotatable bonds is 6. The second-order valence-electron chi connectivity index (χ2n) is 7.58. The number of nitrogens with zero attached hydrogens (tertiary/aromatic N) is 1. The molecule has 1 atom stereocenters. The minimum Gasteiger partial charge on any atom is -0.321 e. The molecule has 7 nitrogen and oxygen atoms in total. The SMILES string of the molecule is CNS(=O)(=O)CC(C)(N)c1csc2ccc(NC(=O)c3ccc4ccccc4n3)cc12. The number of fused-ring (bicyclic) bond motifs is 2. The molecule has 1 unspecified atom stereocenters. The average molecular weight is 455 g/mol. The van der Waals surface area contributed by atoms with Gasteiger partial charge in [0.2, 0.25) is 10.0 Å². The Hall–Kier alpha value is -2.85. The van der Waals surface area contributed by atoms with Crippen LogP contribution in [-0.4, -0.2) is 32.1 Å². The van der Waals surface area contributed by atoms with Gasteiger partial charge < -0.3 is 11.1 Å². The van der Waals surface area contributed by atoms with Crippen LogP contribution in [0.15, 0.2) is 60.0 Å². The van der Waals surface area contributed by atoms with Gasteiger partial charge in [0.25, 0.3) is 5.91 Å². The molecule has 0 radical (unpaired) electrons. The van der Waals surface area contributed by atoms with Crippen LogP contribution in [-0.2, 0) is 15.6 Å². The van der Waals surface area contributed by atoms with Crippen LogP contribution in [0.2, 0.25) is 0 Å². The van der Waals surface area contributed by atoms with Crippen molar-refractivity contribution in [2.75, 3.05) is 18.1 Å². The highest BCUT2D eigenvalue weighted by Gasteiger charge is 2.30. The summed E-state index contributed by atoms with van der Waals surface area (Å²) in [7, 11) is -2.14. The third kappa shape index (κ3) is 4.45. The second-order valence-corrected chi connectivity index (χ2v) is 10.4. The van der Waals surface area contributed by atoms with Gasteiger partial charge in [0.05, 0.1) is 16.8 Å². The number of sulfonamides is 1. The van der Waals surface area contributed by atoms with Crippen LogP contribution in [0.1, 0.15) is 23.0 Å². The number of amides is 1. The Bertz CT molecular complexity index is 1390. The van der Waals surface area contributed by atoms with E-state index >= 15 is 0 Å². The number of pyridine rings is 1. The van der Waals surface area contributed by atoms with Crippen molar-refractivity contribution in [2.45, 2.75) is 12.5 Å². The summed E-state index contributed by atoms with van der Waals surface area (Å²) in [5.74, 6) is -0.574. The van der Waals surface area contributed by atoms with Crippen molar-refractivity contribution in [3.8, 4) is 0 Å². The van der Waals surface area contributed by atoms with Crippen LogP contribution in [0.3, 0.4) is 0 Å². The number of nitrogens with one attached hydrogen (secondary N) is 2. The fraction of sp³-hybridized carbons (Fsp3) is 0.182. The Balaban J connectivity index is 1.64. The second kappa shape index (κ2) is 8.01. The van der Waals surface area contributed by atoms with Gasteiger partial charge in [-0.25, -0.2) is 18.1 Å². The lowest BCUT2D eigenvalue weighted by Gasteiger charge is -2.24. The molecule has 2 aromatic heterocycles. The average Bonchev–Trinajstić information content (AvgIpc) is 3.17. The molecule has 0 saturated heterocycles. The van der Waals surface area contributed by atoms with E-state index in [9.17, 15) is 13.2 Å². The molecular weight excluding hydrogens is 432 g/mol. The summed E-state index contributed by atoms with van der Waals surface area (Å²) in [6, 6.07) is 16.6. The number of hydrogen-bond acceptors (Lipinski definition) is 6. The number of para-hydroxylation sites is 1. The Labute approximate surface area is 184 Å². The smallest absolute Gasteiger partial charge is 0.274 e. The predicted octanol–water partition coefficient (Wildman–Crippen LogP) is 3.42. The number of aromatic nitrogens is 1. The van der Waals surface area contributed by atoms with E-state index in [0.29, 0.717) is 16.9 Å². The van der Waals surface area contributed by atoms with Crippen LogP contribution in [0, 0.1) is 0 Å². The lowest BCUT2D eigenvalue weighted by Crippen LogP contribution is -2.43. The molecule has 4 rings (SSSR count). The fourth-order valence-electron chi connectivity index (χ4n) is 3.48. The maximum Gasteiger partial charge on any atom is 0.274 e. The van der Waals surface area contributed by atoms with E-state index in [-0.39, 0.29) is 11.7 Å². The van der Waals surface area contributed by atoms with Gasteiger partial charge in [0.15, 0.2) is 0 Å². The van der Waals surface area contributed by atoms with Gasteiger partial charge in [-0.2, -0.15) is 0 Å². The molecule has 1 amide bonds. The first-order valence-corrected chi connectivity index (χ1v) is 12.1. The molecule has 9 heteroatoms. The summed E-state index contributed by atoms with van der Waals surface area (Å²) in [5.41, 5.74) is 7.66. The largest absolute Gasteiger partial charge is 0.321 e. The standard InChI is InChI=1S/C22H22N4O3S2/c1-22(23,13-31(28,29)24-2)17-12-30-20-10-8-15(11-16(17)20)25-21(27)19-9-7-14-5-3-4-6-18(14)26-19/h3-12,24H,13,23H2,1-2H3,(H,25,27). The molecule has 31 heavy (non-hydrogen) atoms. The quantitative estimate of drug-likeness (QED) is 0.413. The molecule has 2 aromatic carbocycles. The highest BCUT2D eigenvalue weighted by Crippen LogP contribution is 2.35. The molecule has 0 saturated carbocycles. The van der Waals surface area contributed by atoms with E-state index in [1.54, 1.807) is 19.1 Å². The normalized spacial score (nSPS) is 13.9. The molecule has 0 aliphatic rings. The van der Waals surface area contributed by atoms with E-state index in [1.165, 1.54) is 18.4 Å². The Morgan fingerprint density at radius 3 is 2.71 bits per heavy atom.